The molecule has 0 aromatic heterocycles. The lowest BCUT2D eigenvalue weighted by atomic mass is 9.75. The third-order valence-electron chi connectivity index (χ3n) is 4.42. The number of hydrogen-bond acceptors (Lipinski definition) is 3. The Bertz CT molecular complexity index is 578. The van der Waals surface area contributed by atoms with Gasteiger partial charge in [-0.2, -0.15) is 0 Å². The second kappa shape index (κ2) is 5.49. The zero-order valence-electron chi connectivity index (χ0n) is 12.8. The number of nitrogens with one attached hydrogen (secondary N) is 1. The van der Waals surface area contributed by atoms with E-state index in [1.54, 1.807) is 12.1 Å². The average Bonchev–Trinajstić information content (AvgIpc) is 2.38. The quantitative estimate of drug-likeness (QED) is 0.932. The fourth-order valence-electron chi connectivity index (χ4n) is 3.14. The predicted molar refractivity (Wildman–Crippen MR) is 82.6 cm³/mol. The monoisotopic (exact) mass is 295 g/mol. The van der Waals surface area contributed by atoms with Crippen LogP contribution in [0.4, 0.5) is 0 Å². The molecule has 0 radical (unpaired) electrons. The van der Waals surface area contributed by atoms with Crippen LogP contribution in [0, 0.1) is 12.3 Å². The van der Waals surface area contributed by atoms with E-state index in [1.165, 1.54) is 0 Å². The first-order valence-electron chi connectivity index (χ1n) is 7.24. The summed E-state index contributed by atoms with van der Waals surface area (Å²) in [6, 6.07) is 7.30. The van der Waals surface area contributed by atoms with Gasteiger partial charge in [0.05, 0.1) is 10.1 Å². The Kier molecular flexibility index (Phi) is 4.26. The summed E-state index contributed by atoms with van der Waals surface area (Å²) in [5, 5.41) is 2.87. The minimum absolute atomic E-state index is 0.0496. The minimum Gasteiger partial charge on any atom is -0.316 e. The Morgan fingerprint density at radius 3 is 2.60 bits per heavy atom. The van der Waals surface area contributed by atoms with Crippen LogP contribution in [0.15, 0.2) is 29.2 Å². The summed E-state index contributed by atoms with van der Waals surface area (Å²) in [6.07, 6.45) is 2.70. The molecule has 20 heavy (non-hydrogen) atoms. The highest BCUT2D eigenvalue weighted by Gasteiger charge is 2.42. The van der Waals surface area contributed by atoms with E-state index in [2.05, 4.69) is 19.2 Å². The minimum atomic E-state index is -3.28. The molecule has 0 spiro atoms. The van der Waals surface area contributed by atoms with Gasteiger partial charge < -0.3 is 5.32 Å². The molecule has 1 aliphatic rings. The van der Waals surface area contributed by atoms with Crippen molar-refractivity contribution in [3.63, 3.8) is 0 Å². The molecule has 0 aliphatic heterocycles. The van der Waals surface area contributed by atoms with E-state index in [1.807, 2.05) is 26.1 Å². The Morgan fingerprint density at radius 1 is 1.30 bits per heavy atom. The highest BCUT2D eigenvalue weighted by Crippen LogP contribution is 2.39. The molecule has 1 N–H and O–H groups in total. The van der Waals surface area contributed by atoms with E-state index in [0.717, 1.165) is 24.8 Å². The Hall–Kier alpha value is -0.870. The molecular formula is C16H25NO2S. The highest BCUT2D eigenvalue weighted by molar-refractivity contribution is 7.92. The van der Waals surface area contributed by atoms with Gasteiger partial charge in [0, 0.05) is 6.04 Å². The molecule has 112 valence electrons. The lowest BCUT2D eigenvalue weighted by Gasteiger charge is -2.40. The zero-order valence-corrected chi connectivity index (χ0v) is 13.6. The van der Waals surface area contributed by atoms with Gasteiger partial charge in [0.2, 0.25) is 0 Å². The smallest absolute Gasteiger partial charge is 0.182 e. The maximum absolute atomic E-state index is 13.0. The van der Waals surface area contributed by atoms with Crippen LogP contribution < -0.4 is 5.32 Å². The number of rotatable bonds is 3. The largest absolute Gasteiger partial charge is 0.316 e. The van der Waals surface area contributed by atoms with Crippen molar-refractivity contribution < 1.29 is 8.42 Å². The van der Waals surface area contributed by atoms with Gasteiger partial charge in [-0.3, -0.25) is 0 Å². The van der Waals surface area contributed by atoms with Gasteiger partial charge in [-0.1, -0.05) is 26.0 Å². The van der Waals surface area contributed by atoms with Crippen molar-refractivity contribution in [1.29, 1.82) is 0 Å². The summed E-state index contributed by atoms with van der Waals surface area (Å²) in [5.74, 6) is 0. The summed E-state index contributed by atoms with van der Waals surface area (Å²) in [4.78, 5) is 0.459. The van der Waals surface area contributed by atoms with Gasteiger partial charge in [-0.05, 0) is 56.3 Å². The molecule has 1 aromatic carbocycles. The Labute approximate surface area is 122 Å². The van der Waals surface area contributed by atoms with Crippen LogP contribution in [-0.4, -0.2) is 26.8 Å². The summed E-state index contributed by atoms with van der Waals surface area (Å²) >= 11 is 0. The first-order chi connectivity index (χ1) is 9.26. The molecular weight excluding hydrogens is 270 g/mol. The van der Waals surface area contributed by atoms with Crippen LogP contribution in [0.5, 0.6) is 0 Å². The normalized spacial score (nSPS) is 26.4. The second-order valence-electron chi connectivity index (χ2n) is 6.70. The van der Waals surface area contributed by atoms with Crippen LogP contribution in [0.25, 0.3) is 0 Å². The van der Waals surface area contributed by atoms with E-state index in [0.29, 0.717) is 4.90 Å². The number of hydrogen-bond donors (Lipinski definition) is 1. The van der Waals surface area contributed by atoms with Gasteiger partial charge in [0.25, 0.3) is 0 Å². The topological polar surface area (TPSA) is 46.2 Å². The first-order valence-corrected chi connectivity index (χ1v) is 8.79. The van der Waals surface area contributed by atoms with E-state index in [4.69, 9.17) is 0 Å². The molecule has 0 bridgehead atoms. The van der Waals surface area contributed by atoms with Crippen LogP contribution in [-0.2, 0) is 9.84 Å². The van der Waals surface area contributed by atoms with Gasteiger partial charge in [0.15, 0.2) is 9.84 Å². The zero-order chi connectivity index (χ0) is 15.0. The molecule has 1 saturated carbocycles. The van der Waals surface area contributed by atoms with E-state index >= 15 is 0 Å². The van der Waals surface area contributed by atoms with Crippen molar-refractivity contribution in [2.75, 3.05) is 7.05 Å². The second-order valence-corrected chi connectivity index (χ2v) is 8.87. The first kappa shape index (κ1) is 15.5. The summed E-state index contributed by atoms with van der Waals surface area (Å²) in [7, 11) is -1.42. The molecule has 2 rings (SSSR count). The molecule has 1 aromatic rings. The summed E-state index contributed by atoms with van der Waals surface area (Å²) in [6.45, 7) is 6.26. The van der Waals surface area contributed by atoms with Gasteiger partial charge in [0.1, 0.15) is 0 Å². The third kappa shape index (κ3) is 3.07. The van der Waals surface area contributed by atoms with Crippen molar-refractivity contribution in [3.05, 3.63) is 29.8 Å². The van der Waals surface area contributed by atoms with Crippen molar-refractivity contribution >= 4 is 9.84 Å². The molecule has 1 aliphatic carbocycles. The maximum Gasteiger partial charge on any atom is 0.182 e. The molecule has 4 heteroatoms. The fourth-order valence-corrected chi connectivity index (χ4v) is 5.49. The Balaban J connectivity index is 2.40. The molecule has 2 unspecified atom stereocenters. The van der Waals surface area contributed by atoms with E-state index in [9.17, 15) is 8.42 Å². The molecule has 3 nitrogen and oxygen atoms in total. The van der Waals surface area contributed by atoms with Crippen molar-refractivity contribution in [1.82, 2.24) is 5.32 Å². The molecule has 2 atom stereocenters. The lowest BCUT2D eigenvalue weighted by molar-refractivity contribution is 0.213. The molecule has 0 saturated heterocycles. The maximum atomic E-state index is 13.0. The fraction of sp³-hybridized carbons (Fsp3) is 0.625. The SMILES string of the molecule is CNC1CCC(C)(C)CC1S(=O)(=O)c1cccc(C)c1. The third-order valence-corrected chi connectivity index (χ3v) is 6.63. The van der Waals surface area contributed by atoms with Crippen LogP contribution in [0.3, 0.4) is 0 Å². The summed E-state index contributed by atoms with van der Waals surface area (Å²) < 4.78 is 25.9. The van der Waals surface area contributed by atoms with Gasteiger partial charge >= 0.3 is 0 Å². The molecule has 0 amide bonds. The van der Waals surface area contributed by atoms with E-state index in [-0.39, 0.29) is 16.7 Å². The van der Waals surface area contributed by atoms with Crippen LogP contribution >= 0.6 is 0 Å². The van der Waals surface area contributed by atoms with Gasteiger partial charge in [-0.15, -0.1) is 0 Å². The van der Waals surface area contributed by atoms with E-state index < -0.39 is 9.84 Å². The molecule has 1 fully saturated rings. The molecule has 0 heterocycles. The van der Waals surface area contributed by atoms with Crippen LogP contribution in [0.2, 0.25) is 0 Å². The number of sulfone groups is 1. The highest BCUT2D eigenvalue weighted by atomic mass is 32.2. The predicted octanol–water partition coefficient (Wildman–Crippen LogP) is 2.94. The van der Waals surface area contributed by atoms with Crippen LogP contribution in [0.1, 0.15) is 38.7 Å². The number of benzene rings is 1. The average molecular weight is 295 g/mol. The number of aryl methyl sites for hydroxylation is 1. The lowest BCUT2D eigenvalue weighted by Crippen LogP contribution is -2.48. The Morgan fingerprint density at radius 2 is 2.00 bits per heavy atom. The van der Waals surface area contributed by atoms with Gasteiger partial charge in [-0.25, -0.2) is 8.42 Å². The van der Waals surface area contributed by atoms with Crippen molar-refractivity contribution in [2.24, 2.45) is 5.41 Å². The summed E-state index contributed by atoms with van der Waals surface area (Å²) in [5.41, 5.74) is 1.08. The van der Waals surface area contributed by atoms with Crippen molar-refractivity contribution in [3.8, 4) is 0 Å². The standard InChI is InChI=1S/C16H25NO2S/c1-12-6-5-7-13(10-12)20(18,19)15-11-16(2,3)9-8-14(15)17-4/h5-7,10,14-15,17H,8-9,11H2,1-4H3. The van der Waals surface area contributed by atoms with Crippen molar-refractivity contribution in [2.45, 2.75) is 56.2 Å².